The quantitative estimate of drug-likeness (QED) is 0.844. The van der Waals surface area contributed by atoms with Crippen LogP contribution < -0.4 is 0 Å². The summed E-state index contributed by atoms with van der Waals surface area (Å²) in [6, 6.07) is 9.77. The van der Waals surface area contributed by atoms with E-state index < -0.39 is 0 Å². The summed E-state index contributed by atoms with van der Waals surface area (Å²) in [5.74, 6) is 0.325. The molecule has 2 heteroatoms. The van der Waals surface area contributed by atoms with Crippen molar-refractivity contribution in [2.75, 3.05) is 0 Å². The molecule has 0 saturated heterocycles. The van der Waals surface area contributed by atoms with Crippen molar-refractivity contribution in [2.45, 2.75) is 27.2 Å². The Morgan fingerprint density at radius 3 is 2.11 bits per heavy atom. The van der Waals surface area contributed by atoms with Crippen LogP contribution in [0.5, 0.6) is 11.5 Å². The summed E-state index contributed by atoms with van der Waals surface area (Å²) in [5.41, 5.74) is 5.00. The van der Waals surface area contributed by atoms with E-state index in [4.69, 9.17) is 0 Å². The molecule has 0 radical (unpaired) electrons. The monoisotopic (exact) mass is 242 g/mol. The second-order valence-corrected chi connectivity index (χ2v) is 4.89. The zero-order valence-electron chi connectivity index (χ0n) is 11.0. The van der Waals surface area contributed by atoms with Crippen LogP contribution in [0.25, 0.3) is 0 Å². The molecule has 0 aliphatic rings. The van der Waals surface area contributed by atoms with Crippen molar-refractivity contribution in [2.24, 2.45) is 0 Å². The Kier molecular flexibility index (Phi) is 3.28. The topological polar surface area (TPSA) is 40.5 Å². The molecule has 0 unspecified atom stereocenters. The highest BCUT2D eigenvalue weighted by molar-refractivity contribution is 5.49. The summed E-state index contributed by atoms with van der Waals surface area (Å²) < 4.78 is 0. The highest BCUT2D eigenvalue weighted by atomic mass is 16.3. The first-order chi connectivity index (χ1) is 8.47. The van der Waals surface area contributed by atoms with E-state index >= 15 is 0 Å². The van der Waals surface area contributed by atoms with Gasteiger partial charge >= 0.3 is 0 Å². The van der Waals surface area contributed by atoms with E-state index in [0.29, 0.717) is 12.0 Å². The molecular weight excluding hydrogens is 224 g/mol. The summed E-state index contributed by atoms with van der Waals surface area (Å²) >= 11 is 0. The fraction of sp³-hybridized carbons (Fsp3) is 0.250. The average Bonchev–Trinajstić information content (AvgIpc) is 2.29. The van der Waals surface area contributed by atoms with Gasteiger partial charge in [0.1, 0.15) is 11.5 Å². The third kappa shape index (κ3) is 2.48. The minimum atomic E-state index is 0.136. The van der Waals surface area contributed by atoms with Crippen molar-refractivity contribution in [3.63, 3.8) is 0 Å². The van der Waals surface area contributed by atoms with Gasteiger partial charge in [0.05, 0.1) is 0 Å². The van der Waals surface area contributed by atoms with Crippen LogP contribution >= 0.6 is 0 Å². The van der Waals surface area contributed by atoms with Gasteiger partial charge in [0, 0.05) is 12.0 Å². The van der Waals surface area contributed by atoms with Crippen LogP contribution in [0.15, 0.2) is 30.3 Å². The summed E-state index contributed by atoms with van der Waals surface area (Å²) in [5, 5.41) is 19.5. The minimum absolute atomic E-state index is 0.136. The van der Waals surface area contributed by atoms with E-state index in [9.17, 15) is 10.2 Å². The van der Waals surface area contributed by atoms with E-state index in [1.165, 1.54) is 16.7 Å². The van der Waals surface area contributed by atoms with Crippen molar-refractivity contribution in [1.29, 1.82) is 0 Å². The molecule has 0 amide bonds. The standard InChI is InChI=1S/C16H18O2/c1-10-6-11(2)8-13(7-10)9-14-4-5-15(17)12(3)16(14)18/h4-8,17-18H,9H2,1-3H3. The summed E-state index contributed by atoms with van der Waals surface area (Å²) in [6.07, 6.45) is 0.676. The summed E-state index contributed by atoms with van der Waals surface area (Å²) in [4.78, 5) is 0. The maximum absolute atomic E-state index is 10.0. The minimum Gasteiger partial charge on any atom is -0.508 e. The SMILES string of the molecule is Cc1cc(C)cc(Cc2ccc(O)c(C)c2O)c1. The first-order valence-corrected chi connectivity index (χ1v) is 6.05. The van der Waals surface area contributed by atoms with Crippen molar-refractivity contribution < 1.29 is 10.2 Å². The number of hydrogen-bond donors (Lipinski definition) is 2. The average molecular weight is 242 g/mol. The Morgan fingerprint density at radius 2 is 1.50 bits per heavy atom. The van der Waals surface area contributed by atoms with Gasteiger partial charge in [-0.2, -0.15) is 0 Å². The third-order valence-electron chi connectivity index (χ3n) is 3.16. The largest absolute Gasteiger partial charge is 0.508 e. The van der Waals surface area contributed by atoms with E-state index in [1.54, 1.807) is 19.1 Å². The molecule has 2 aromatic carbocycles. The molecule has 0 bridgehead atoms. The molecule has 0 heterocycles. The summed E-state index contributed by atoms with van der Waals surface area (Å²) in [6.45, 7) is 5.85. The van der Waals surface area contributed by atoms with Gasteiger partial charge in [0.25, 0.3) is 0 Å². The van der Waals surface area contributed by atoms with Crippen LogP contribution in [0, 0.1) is 20.8 Å². The van der Waals surface area contributed by atoms with Gasteiger partial charge in [-0.15, -0.1) is 0 Å². The number of benzene rings is 2. The first kappa shape index (κ1) is 12.5. The van der Waals surface area contributed by atoms with Gasteiger partial charge in [0.15, 0.2) is 0 Å². The number of aromatic hydroxyl groups is 2. The van der Waals surface area contributed by atoms with Crippen molar-refractivity contribution in [1.82, 2.24) is 0 Å². The number of aryl methyl sites for hydroxylation is 2. The predicted molar refractivity (Wildman–Crippen MR) is 73.2 cm³/mol. The molecule has 2 N–H and O–H groups in total. The molecule has 94 valence electrons. The van der Waals surface area contributed by atoms with Crippen LogP contribution in [0.3, 0.4) is 0 Å². The number of rotatable bonds is 2. The number of phenolic OH excluding ortho intramolecular Hbond substituents is 2. The molecule has 2 rings (SSSR count). The van der Waals surface area contributed by atoms with Gasteiger partial charge in [-0.05, 0) is 38.0 Å². The number of hydrogen-bond acceptors (Lipinski definition) is 2. The van der Waals surface area contributed by atoms with Crippen LogP contribution in [0.4, 0.5) is 0 Å². The smallest absolute Gasteiger partial charge is 0.125 e. The Bertz CT molecular complexity index is 566. The predicted octanol–water partition coefficient (Wildman–Crippen LogP) is 3.61. The van der Waals surface area contributed by atoms with Crippen LogP contribution in [0.2, 0.25) is 0 Å². The lowest BCUT2D eigenvalue weighted by molar-refractivity contribution is 0.439. The molecule has 2 nitrogen and oxygen atoms in total. The highest BCUT2D eigenvalue weighted by Gasteiger charge is 2.09. The molecule has 0 fully saturated rings. The van der Waals surface area contributed by atoms with Gasteiger partial charge < -0.3 is 10.2 Å². The summed E-state index contributed by atoms with van der Waals surface area (Å²) in [7, 11) is 0. The van der Waals surface area contributed by atoms with Gasteiger partial charge in [0.2, 0.25) is 0 Å². The maximum Gasteiger partial charge on any atom is 0.125 e. The maximum atomic E-state index is 10.0. The molecular formula is C16H18O2. The van der Waals surface area contributed by atoms with Crippen molar-refractivity contribution >= 4 is 0 Å². The van der Waals surface area contributed by atoms with E-state index in [-0.39, 0.29) is 11.5 Å². The van der Waals surface area contributed by atoms with Crippen LogP contribution in [0.1, 0.15) is 27.8 Å². The van der Waals surface area contributed by atoms with Crippen LogP contribution in [-0.4, -0.2) is 10.2 Å². The van der Waals surface area contributed by atoms with Gasteiger partial charge in [-0.25, -0.2) is 0 Å². The molecule has 0 aliphatic heterocycles. The number of phenols is 2. The Balaban J connectivity index is 2.37. The van der Waals surface area contributed by atoms with E-state index in [0.717, 1.165) is 5.56 Å². The fourth-order valence-electron chi connectivity index (χ4n) is 2.28. The third-order valence-corrected chi connectivity index (χ3v) is 3.16. The second kappa shape index (κ2) is 4.73. The lowest BCUT2D eigenvalue weighted by Crippen LogP contribution is -1.92. The normalized spacial score (nSPS) is 10.6. The molecule has 0 atom stereocenters. The lowest BCUT2D eigenvalue weighted by Gasteiger charge is -2.10. The van der Waals surface area contributed by atoms with E-state index in [1.807, 2.05) is 0 Å². The van der Waals surface area contributed by atoms with Crippen LogP contribution in [-0.2, 0) is 6.42 Å². The molecule has 18 heavy (non-hydrogen) atoms. The Morgan fingerprint density at radius 1 is 0.889 bits per heavy atom. The zero-order valence-corrected chi connectivity index (χ0v) is 11.0. The van der Waals surface area contributed by atoms with Crippen molar-refractivity contribution in [3.05, 3.63) is 58.1 Å². The van der Waals surface area contributed by atoms with Gasteiger partial charge in [-0.3, -0.25) is 0 Å². The molecule has 0 aliphatic carbocycles. The second-order valence-electron chi connectivity index (χ2n) is 4.89. The highest BCUT2D eigenvalue weighted by Crippen LogP contribution is 2.31. The Labute approximate surface area is 108 Å². The molecule has 0 aromatic heterocycles. The molecule has 2 aromatic rings. The lowest BCUT2D eigenvalue weighted by atomic mass is 9.98. The Hall–Kier alpha value is -1.96. The fourth-order valence-corrected chi connectivity index (χ4v) is 2.28. The molecule has 0 spiro atoms. The first-order valence-electron chi connectivity index (χ1n) is 6.05. The van der Waals surface area contributed by atoms with Gasteiger partial charge in [-0.1, -0.05) is 35.4 Å². The van der Waals surface area contributed by atoms with E-state index in [2.05, 4.69) is 32.0 Å². The zero-order chi connectivity index (χ0) is 13.3. The van der Waals surface area contributed by atoms with Crippen molar-refractivity contribution in [3.8, 4) is 11.5 Å². The molecule has 0 saturated carbocycles.